The number of nitrogen functional groups attached to an aromatic ring is 1. The molecular formula is C10H12IN5O5. The first kappa shape index (κ1) is 15.8. The number of hydrogen-bond donors (Lipinski definition) is 4. The molecule has 21 heavy (non-hydrogen) atoms. The molecule has 0 fully saturated rings. The third kappa shape index (κ3) is 3.37. The fourth-order valence-electron chi connectivity index (χ4n) is 1.64. The van der Waals surface area contributed by atoms with Crippen molar-refractivity contribution >= 4 is 45.5 Å². The minimum Gasteiger partial charge on any atom is -0.479 e. The Morgan fingerprint density at radius 3 is 2.86 bits per heavy atom. The summed E-state index contributed by atoms with van der Waals surface area (Å²) < 4.78 is 6.93. The number of imidazole rings is 1. The van der Waals surface area contributed by atoms with Crippen LogP contribution in [0.25, 0.3) is 11.2 Å². The predicted molar refractivity (Wildman–Crippen MR) is 78.1 cm³/mol. The Labute approximate surface area is 131 Å². The largest absolute Gasteiger partial charge is 0.479 e. The van der Waals surface area contributed by atoms with E-state index < -0.39 is 24.8 Å². The molecule has 2 atom stereocenters. The number of aromatic nitrogens is 4. The van der Waals surface area contributed by atoms with Crippen LogP contribution >= 0.6 is 22.6 Å². The Kier molecular flexibility index (Phi) is 4.87. The standard InChI is InChI=1S/C10H12IN5O5/c11-10-14-7(12)5-8(15-10)16(2-13-5)3-21-6(9(19)20)4(18)1-17/h2,4,6,17-18H,1,3H2,(H,19,20)(H2,12,14,15)/t4?,6-/m0/s1. The van der Waals surface area contributed by atoms with Crippen molar-refractivity contribution in [2.75, 3.05) is 12.3 Å². The molecule has 114 valence electrons. The first-order valence-electron chi connectivity index (χ1n) is 5.71. The lowest BCUT2D eigenvalue weighted by Gasteiger charge is -2.18. The van der Waals surface area contributed by atoms with Gasteiger partial charge in [-0.1, -0.05) is 0 Å². The van der Waals surface area contributed by atoms with Crippen LogP contribution < -0.4 is 5.73 Å². The van der Waals surface area contributed by atoms with Crippen molar-refractivity contribution in [1.29, 1.82) is 0 Å². The van der Waals surface area contributed by atoms with Crippen LogP contribution in [0.3, 0.4) is 0 Å². The van der Waals surface area contributed by atoms with Crippen LogP contribution in [-0.4, -0.2) is 59.6 Å². The zero-order valence-electron chi connectivity index (χ0n) is 10.5. The van der Waals surface area contributed by atoms with E-state index in [1.165, 1.54) is 10.9 Å². The second-order valence-corrected chi connectivity index (χ2v) is 5.03. The molecular weight excluding hydrogens is 397 g/mol. The van der Waals surface area contributed by atoms with Crippen LogP contribution in [0.15, 0.2) is 6.33 Å². The van der Waals surface area contributed by atoms with Crippen molar-refractivity contribution in [2.24, 2.45) is 0 Å². The number of nitrogens with zero attached hydrogens (tertiary/aromatic N) is 4. The molecule has 2 aromatic rings. The van der Waals surface area contributed by atoms with Crippen LogP contribution in [0.5, 0.6) is 0 Å². The van der Waals surface area contributed by atoms with Crippen LogP contribution in [0, 0.1) is 3.83 Å². The SMILES string of the molecule is Nc1nc(I)nc2c1ncn2CO[C@H](C(=O)O)C(O)CO. The fourth-order valence-corrected chi connectivity index (χ4v) is 2.12. The van der Waals surface area contributed by atoms with Gasteiger partial charge in [0.2, 0.25) is 0 Å². The minimum atomic E-state index is -1.56. The Balaban J connectivity index is 2.22. The highest BCUT2D eigenvalue weighted by molar-refractivity contribution is 14.1. The van der Waals surface area contributed by atoms with Gasteiger partial charge < -0.3 is 25.8 Å². The smallest absolute Gasteiger partial charge is 0.335 e. The summed E-state index contributed by atoms with van der Waals surface area (Å²) in [5.74, 6) is -1.18. The molecule has 0 aliphatic carbocycles. The van der Waals surface area contributed by atoms with E-state index in [0.29, 0.717) is 15.0 Å². The Hall–Kier alpha value is -1.57. The van der Waals surface area contributed by atoms with Crippen LogP contribution in [0.2, 0.25) is 0 Å². The summed E-state index contributed by atoms with van der Waals surface area (Å²) in [6.45, 7) is -0.953. The zero-order valence-corrected chi connectivity index (χ0v) is 12.7. The number of carbonyl (C=O) groups is 1. The number of halogens is 1. The molecule has 0 saturated heterocycles. The summed E-state index contributed by atoms with van der Waals surface area (Å²) in [6.07, 6.45) is -1.72. The number of aliphatic carboxylic acids is 1. The molecule has 10 nitrogen and oxygen atoms in total. The van der Waals surface area contributed by atoms with Gasteiger partial charge >= 0.3 is 5.97 Å². The molecule has 5 N–H and O–H groups in total. The van der Waals surface area contributed by atoms with E-state index in [4.69, 9.17) is 20.7 Å². The third-order valence-corrected chi connectivity index (χ3v) is 3.12. The second-order valence-electron chi connectivity index (χ2n) is 4.07. The lowest BCUT2D eigenvalue weighted by molar-refractivity contribution is -0.164. The molecule has 1 unspecified atom stereocenters. The van der Waals surface area contributed by atoms with Gasteiger partial charge in [-0.2, -0.15) is 0 Å². The maximum absolute atomic E-state index is 11.0. The first-order chi connectivity index (χ1) is 9.93. The van der Waals surface area contributed by atoms with E-state index in [0.717, 1.165) is 0 Å². The van der Waals surface area contributed by atoms with Crippen molar-refractivity contribution in [2.45, 2.75) is 18.9 Å². The molecule has 0 amide bonds. The van der Waals surface area contributed by atoms with Crippen molar-refractivity contribution in [3.05, 3.63) is 10.2 Å². The monoisotopic (exact) mass is 409 g/mol. The quantitative estimate of drug-likeness (QED) is 0.340. The number of fused-ring (bicyclic) bond motifs is 1. The van der Waals surface area contributed by atoms with Gasteiger partial charge in [-0.15, -0.1) is 0 Å². The average molecular weight is 409 g/mol. The van der Waals surface area contributed by atoms with E-state index in [2.05, 4.69) is 15.0 Å². The summed E-state index contributed by atoms with van der Waals surface area (Å²) in [5, 5.41) is 27.1. The molecule has 0 aromatic carbocycles. The number of hydrogen-bond acceptors (Lipinski definition) is 8. The van der Waals surface area contributed by atoms with E-state index >= 15 is 0 Å². The number of nitrogens with two attached hydrogens (primary N) is 1. The molecule has 2 rings (SSSR count). The molecule has 0 saturated carbocycles. The highest BCUT2D eigenvalue weighted by Gasteiger charge is 2.27. The minimum absolute atomic E-state index is 0.202. The number of carboxylic acids is 1. The Morgan fingerprint density at radius 2 is 2.24 bits per heavy atom. The van der Waals surface area contributed by atoms with E-state index in [-0.39, 0.29) is 12.5 Å². The number of rotatable bonds is 6. The molecule has 0 bridgehead atoms. The normalized spacial score (nSPS) is 14.2. The van der Waals surface area contributed by atoms with Crippen LogP contribution in [-0.2, 0) is 16.3 Å². The van der Waals surface area contributed by atoms with E-state index in [9.17, 15) is 9.90 Å². The van der Waals surface area contributed by atoms with E-state index in [1.54, 1.807) is 0 Å². The van der Waals surface area contributed by atoms with Crippen molar-refractivity contribution in [3.8, 4) is 0 Å². The van der Waals surface area contributed by atoms with Gasteiger partial charge in [0.25, 0.3) is 0 Å². The summed E-state index contributed by atoms with van der Waals surface area (Å²) in [7, 11) is 0. The van der Waals surface area contributed by atoms with Crippen LogP contribution in [0.1, 0.15) is 0 Å². The highest BCUT2D eigenvalue weighted by atomic mass is 127. The van der Waals surface area contributed by atoms with E-state index in [1.807, 2.05) is 22.6 Å². The number of carboxylic acid groups (broad SMARTS) is 1. The topological polar surface area (TPSA) is 157 Å². The number of aliphatic hydroxyl groups excluding tert-OH is 2. The molecule has 0 radical (unpaired) electrons. The summed E-state index contributed by atoms with van der Waals surface area (Å²) in [4.78, 5) is 23.1. The Bertz CT molecular complexity index is 663. The van der Waals surface area contributed by atoms with Crippen LogP contribution in [0.4, 0.5) is 5.82 Å². The van der Waals surface area contributed by atoms with Gasteiger partial charge in [-0.25, -0.2) is 19.7 Å². The van der Waals surface area contributed by atoms with Gasteiger partial charge in [0.15, 0.2) is 21.4 Å². The van der Waals surface area contributed by atoms with Gasteiger partial charge in [-0.3, -0.25) is 4.57 Å². The summed E-state index contributed by atoms with van der Waals surface area (Å²) in [5.41, 5.74) is 6.46. The molecule has 2 aromatic heterocycles. The zero-order chi connectivity index (χ0) is 15.6. The summed E-state index contributed by atoms with van der Waals surface area (Å²) in [6, 6.07) is 0. The molecule has 0 spiro atoms. The summed E-state index contributed by atoms with van der Waals surface area (Å²) >= 11 is 1.89. The highest BCUT2D eigenvalue weighted by Crippen LogP contribution is 2.17. The maximum Gasteiger partial charge on any atom is 0.335 e. The third-order valence-electron chi connectivity index (χ3n) is 2.64. The number of aliphatic hydroxyl groups is 2. The lowest BCUT2D eigenvalue weighted by atomic mass is 10.2. The average Bonchev–Trinajstić information content (AvgIpc) is 2.81. The van der Waals surface area contributed by atoms with Gasteiger partial charge in [0, 0.05) is 22.6 Å². The van der Waals surface area contributed by atoms with Gasteiger partial charge in [0.05, 0.1) is 12.9 Å². The molecule has 2 heterocycles. The lowest BCUT2D eigenvalue weighted by Crippen LogP contribution is -2.39. The molecule has 0 aliphatic heterocycles. The fraction of sp³-hybridized carbons (Fsp3) is 0.400. The molecule has 0 aliphatic rings. The predicted octanol–water partition coefficient (Wildman–Crippen LogP) is -1.21. The Morgan fingerprint density at radius 1 is 1.52 bits per heavy atom. The first-order valence-corrected chi connectivity index (χ1v) is 6.79. The molecule has 11 heteroatoms. The number of anilines is 1. The van der Waals surface area contributed by atoms with Gasteiger partial charge in [-0.05, 0) is 0 Å². The van der Waals surface area contributed by atoms with Crippen molar-refractivity contribution in [1.82, 2.24) is 19.5 Å². The number of ether oxygens (including phenoxy) is 1. The van der Waals surface area contributed by atoms with Crippen molar-refractivity contribution in [3.63, 3.8) is 0 Å². The maximum atomic E-state index is 11.0. The van der Waals surface area contributed by atoms with Gasteiger partial charge in [0.1, 0.15) is 18.4 Å². The second kappa shape index (κ2) is 6.46. The van der Waals surface area contributed by atoms with Crippen molar-refractivity contribution < 1.29 is 24.9 Å².